The van der Waals surface area contributed by atoms with Gasteiger partial charge in [-0.3, -0.25) is 14.5 Å². The van der Waals surface area contributed by atoms with Gasteiger partial charge in [0.2, 0.25) is 0 Å². The average molecular weight is 505 g/mol. The third-order valence-corrected chi connectivity index (χ3v) is 6.27. The molecule has 4 rings (SSSR count). The molecule has 2 aromatic carbocycles. The molecule has 2 heterocycles. The van der Waals surface area contributed by atoms with Gasteiger partial charge in [0, 0.05) is 24.2 Å². The van der Waals surface area contributed by atoms with E-state index in [2.05, 4.69) is 25.4 Å². The third kappa shape index (κ3) is 6.21. The quantitative estimate of drug-likeness (QED) is 0.308. The van der Waals surface area contributed by atoms with Gasteiger partial charge in [0.25, 0.3) is 5.56 Å². The summed E-state index contributed by atoms with van der Waals surface area (Å²) < 4.78 is 11.9. The Bertz CT molecular complexity index is 1410. The zero-order valence-electron chi connectivity index (χ0n) is 21.6. The number of nitrogens with one attached hydrogen (secondary N) is 1. The Morgan fingerprint density at radius 2 is 1.89 bits per heavy atom. The van der Waals surface area contributed by atoms with Gasteiger partial charge in [0.15, 0.2) is 5.82 Å². The standard InChI is InChI=1S/C27H32N6O4/c1-5-24(26-29-30-31-33(26)17-25(34)37-6-2)32(15-19-8-11-22(36-4)12-9-19)16-21-14-20-10-7-18(3)13-23(20)28-27(21)35/h7-14,24H,5-6,15-17H2,1-4H3,(H,28,35)/t24-/m0/s1. The van der Waals surface area contributed by atoms with Crippen LogP contribution in [0.3, 0.4) is 0 Å². The smallest absolute Gasteiger partial charge is 0.327 e. The van der Waals surface area contributed by atoms with E-state index in [0.29, 0.717) is 30.9 Å². The molecular weight excluding hydrogens is 472 g/mol. The Morgan fingerprint density at radius 1 is 1.11 bits per heavy atom. The lowest BCUT2D eigenvalue weighted by atomic mass is 10.1. The van der Waals surface area contributed by atoms with Crippen molar-refractivity contribution >= 4 is 16.9 Å². The number of aromatic nitrogens is 5. The molecule has 0 saturated heterocycles. The van der Waals surface area contributed by atoms with Crippen molar-refractivity contribution in [1.29, 1.82) is 0 Å². The Morgan fingerprint density at radius 3 is 2.59 bits per heavy atom. The zero-order valence-corrected chi connectivity index (χ0v) is 21.6. The van der Waals surface area contributed by atoms with Crippen LogP contribution in [0.2, 0.25) is 0 Å². The molecule has 0 fully saturated rings. The van der Waals surface area contributed by atoms with E-state index in [1.165, 1.54) is 4.68 Å². The minimum absolute atomic E-state index is 0.0844. The molecule has 0 bridgehead atoms. The molecule has 1 atom stereocenters. The summed E-state index contributed by atoms with van der Waals surface area (Å²) in [6.07, 6.45) is 0.657. The van der Waals surface area contributed by atoms with Crippen LogP contribution in [0.15, 0.2) is 53.3 Å². The highest BCUT2D eigenvalue weighted by molar-refractivity contribution is 5.79. The maximum Gasteiger partial charge on any atom is 0.327 e. The van der Waals surface area contributed by atoms with E-state index in [0.717, 1.165) is 27.8 Å². The van der Waals surface area contributed by atoms with Gasteiger partial charge >= 0.3 is 5.97 Å². The van der Waals surface area contributed by atoms with Gasteiger partial charge in [0.1, 0.15) is 12.3 Å². The molecule has 0 aliphatic heterocycles. The van der Waals surface area contributed by atoms with Crippen LogP contribution in [0.4, 0.5) is 0 Å². The van der Waals surface area contributed by atoms with Crippen molar-refractivity contribution < 1.29 is 14.3 Å². The molecule has 0 spiro atoms. The van der Waals surface area contributed by atoms with Crippen molar-refractivity contribution in [2.75, 3.05) is 13.7 Å². The number of H-pyrrole nitrogens is 1. The monoisotopic (exact) mass is 504 g/mol. The first-order valence-electron chi connectivity index (χ1n) is 12.3. The molecule has 10 heteroatoms. The molecule has 1 N–H and O–H groups in total. The molecule has 0 unspecified atom stereocenters. The fraction of sp³-hybridized carbons (Fsp3) is 0.370. The number of carbonyl (C=O) groups excluding carboxylic acids is 1. The largest absolute Gasteiger partial charge is 0.497 e. The number of tetrazole rings is 1. The summed E-state index contributed by atoms with van der Waals surface area (Å²) in [6, 6.07) is 15.5. The van der Waals surface area contributed by atoms with Gasteiger partial charge < -0.3 is 14.5 Å². The summed E-state index contributed by atoms with van der Waals surface area (Å²) in [4.78, 5) is 30.4. The van der Waals surface area contributed by atoms with Crippen molar-refractivity contribution in [3.05, 3.63) is 81.4 Å². The molecule has 2 aromatic heterocycles. The fourth-order valence-corrected chi connectivity index (χ4v) is 4.43. The van der Waals surface area contributed by atoms with Crippen molar-refractivity contribution in [2.45, 2.75) is 52.9 Å². The number of aryl methyl sites for hydroxylation is 1. The third-order valence-electron chi connectivity index (χ3n) is 6.27. The summed E-state index contributed by atoms with van der Waals surface area (Å²) in [5, 5.41) is 13.1. The lowest BCUT2D eigenvalue weighted by Crippen LogP contribution is -2.33. The maximum atomic E-state index is 13.1. The summed E-state index contributed by atoms with van der Waals surface area (Å²) >= 11 is 0. The van der Waals surface area contributed by atoms with E-state index in [-0.39, 0.29) is 24.8 Å². The number of carbonyl (C=O) groups is 1. The summed E-state index contributed by atoms with van der Waals surface area (Å²) in [5.74, 6) is 0.896. The number of methoxy groups -OCH3 is 1. The number of nitrogens with zero attached hydrogens (tertiary/aromatic N) is 5. The van der Waals surface area contributed by atoms with E-state index in [9.17, 15) is 9.59 Å². The Hall–Kier alpha value is -4.05. The van der Waals surface area contributed by atoms with E-state index < -0.39 is 5.97 Å². The highest BCUT2D eigenvalue weighted by Crippen LogP contribution is 2.27. The SMILES string of the molecule is CCOC(=O)Cn1nnnc1[C@H](CC)N(Cc1ccc(OC)cc1)Cc1cc2ccc(C)cc2[nH]c1=O. The number of rotatable bonds is 11. The summed E-state index contributed by atoms with van der Waals surface area (Å²) in [7, 11) is 1.63. The van der Waals surface area contributed by atoms with Crippen molar-refractivity contribution in [3.63, 3.8) is 0 Å². The molecule has 37 heavy (non-hydrogen) atoms. The van der Waals surface area contributed by atoms with Crippen molar-refractivity contribution in [2.24, 2.45) is 0 Å². The maximum absolute atomic E-state index is 13.1. The van der Waals surface area contributed by atoms with E-state index >= 15 is 0 Å². The average Bonchev–Trinajstić information content (AvgIpc) is 3.33. The predicted molar refractivity (Wildman–Crippen MR) is 139 cm³/mol. The molecule has 0 aliphatic carbocycles. The van der Waals surface area contributed by atoms with Crippen LogP contribution >= 0.6 is 0 Å². The number of pyridine rings is 1. The van der Waals surface area contributed by atoms with Gasteiger partial charge in [-0.25, -0.2) is 4.68 Å². The van der Waals surface area contributed by atoms with Gasteiger partial charge in [0.05, 0.1) is 19.8 Å². The van der Waals surface area contributed by atoms with Crippen LogP contribution in [0.25, 0.3) is 10.9 Å². The van der Waals surface area contributed by atoms with Crippen LogP contribution in [0.1, 0.15) is 48.8 Å². The van der Waals surface area contributed by atoms with Gasteiger partial charge in [-0.1, -0.05) is 31.2 Å². The van der Waals surface area contributed by atoms with Gasteiger partial charge in [-0.05, 0) is 71.5 Å². The highest BCUT2D eigenvalue weighted by atomic mass is 16.5. The second-order valence-corrected chi connectivity index (χ2v) is 8.89. The molecule has 10 nitrogen and oxygen atoms in total. The Kier molecular flexibility index (Phi) is 8.29. The molecule has 194 valence electrons. The number of esters is 1. The first kappa shape index (κ1) is 26.0. The lowest BCUT2D eigenvalue weighted by Gasteiger charge is -2.30. The lowest BCUT2D eigenvalue weighted by molar-refractivity contribution is -0.144. The normalized spacial score (nSPS) is 12.1. The highest BCUT2D eigenvalue weighted by Gasteiger charge is 2.27. The van der Waals surface area contributed by atoms with Crippen molar-refractivity contribution in [3.8, 4) is 5.75 Å². The van der Waals surface area contributed by atoms with E-state index in [4.69, 9.17) is 9.47 Å². The summed E-state index contributed by atoms with van der Waals surface area (Å²) in [6.45, 7) is 6.86. The number of hydrogen-bond acceptors (Lipinski definition) is 8. The second-order valence-electron chi connectivity index (χ2n) is 8.89. The number of benzene rings is 2. The minimum Gasteiger partial charge on any atom is -0.497 e. The van der Waals surface area contributed by atoms with Crippen LogP contribution in [0.5, 0.6) is 5.75 Å². The minimum atomic E-state index is -0.408. The van der Waals surface area contributed by atoms with Gasteiger partial charge in [-0.15, -0.1) is 5.10 Å². The number of hydrogen-bond donors (Lipinski definition) is 1. The zero-order chi connectivity index (χ0) is 26.4. The first-order valence-corrected chi connectivity index (χ1v) is 12.3. The Balaban J connectivity index is 1.71. The molecule has 0 radical (unpaired) electrons. The topological polar surface area (TPSA) is 115 Å². The number of aromatic amines is 1. The molecule has 0 aliphatic rings. The first-order chi connectivity index (χ1) is 17.9. The summed E-state index contributed by atoms with van der Waals surface area (Å²) in [5.41, 5.74) is 3.42. The second kappa shape index (κ2) is 11.8. The predicted octanol–water partition coefficient (Wildman–Crippen LogP) is 3.55. The van der Waals surface area contributed by atoms with Crippen LogP contribution in [-0.4, -0.2) is 49.8 Å². The van der Waals surface area contributed by atoms with Gasteiger partial charge in [-0.2, -0.15) is 0 Å². The molecule has 0 amide bonds. The number of fused-ring (bicyclic) bond motifs is 1. The molecule has 0 saturated carbocycles. The molecule has 4 aromatic rings. The van der Waals surface area contributed by atoms with Crippen molar-refractivity contribution in [1.82, 2.24) is 30.1 Å². The van der Waals surface area contributed by atoms with Crippen LogP contribution < -0.4 is 10.3 Å². The van der Waals surface area contributed by atoms with Crippen LogP contribution in [0, 0.1) is 6.92 Å². The van der Waals surface area contributed by atoms with Crippen LogP contribution in [-0.2, 0) is 29.2 Å². The van der Waals surface area contributed by atoms with E-state index in [1.54, 1.807) is 14.0 Å². The fourth-order valence-electron chi connectivity index (χ4n) is 4.43. The number of ether oxygens (including phenoxy) is 2. The Labute approximate surface area is 215 Å². The molecular formula is C27H32N6O4. The van der Waals surface area contributed by atoms with E-state index in [1.807, 2.05) is 62.4 Å².